The first kappa shape index (κ1) is 14.2. The van der Waals surface area contributed by atoms with Crippen LogP contribution in [0.2, 0.25) is 0 Å². The van der Waals surface area contributed by atoms with Gasteiger partial charge in [0.05, 0.1) is 0 Å². The highest BCUT2D eigenvalue weighted by molar-refractivity contribution is 5.15. The van der Waals surface area contributed by atoms with Crippen LogP contribution in [0.15, 0.2) is 12.2 Å². The first-order valence-electron chi connectivity index (χ1n) is 8.54. The number of hydrogen-bond donors (Lipinski definition) is 0. The van der Waals surface area contributed by atoms with Gasteiger partial charge in [0.2, 0.25) is 0 Å². The molecule has 0 aliphatic heterocycles. The number of allylic oxidation sites excluding steroid dienone is 2. The molecule has 0 saturated heterocycles. The van der Waals surface area contributed by atoms with Crippen LogP contribution in [0.1, 0.15) is 90.4 Å². The molecule has 104 valence electrons. The third-order valence-electron chi connectivity index (χ3n) is 5.18. The minimum absolute atomic E-state index is 0.672. The van der Waals surface area contributed by atoms with Gasteiger partial charge in [-0.2, -0.15) is 0 Å². The van der Waals surface area contributed by atoms with Crippen LogP contribution in [0.4, 0.5) is 0 Å². The van der Waals surface area contributed by atoms with Gasteiger partial charge >= 0.3 is 0 Å². The topological polar surface area (TPSA) is 0 Å². The first-order chi connectivity index (χ1) is 8.85. The van der Waals surface area contributed by atoms with Gasteiger partial charge in [-0.05, 0) is 37.0 Å². The molecule has 0 N–H and O–H groups in total. The van der Waals surface area contributed by atoms with E-state index in [2.05, 4.69) is 19.1 Å². The van der Waals surface area contributed by atoms with Crippen molar-refractivity contribution < 1.29 is 0 Å². The Labute approximate surface area is 114 Å². The van der Waals surface area contributed by atoms with Gasteiger partial charge in [0.15, 0.2) is 0 Å². The van der Waals surface area contributed by atoms with E-state index in [0.717, 1.165) is 5.92 Å². The van der Waals surface area contributed by atoms with Crippen molar-refractivity contribution in [1.82, 2.24) is 0 Å². The SMILES string of the molecule is CCCCCCCCCCC[C@]12C=C[C@@H](CC1)C2. The van der Waals surface area contributed by atoms with Crippen molar-refractivity contribution in [3.05, 3.63) is 12.2 Å². The maximum Gasteiger partial charge on any atom is -0.0112 e. The molecule has 2 aliphatic carbocycles. The zero-order chi connectivity index (χ0) is 12.7. The Morgan fingerprint density at radius 2 is 1.61 bits per heavy atom. The Hall–Kier alpha value is -0.260. The second kappa shape index (κ2) is 7.36. The van der Waals surface area contributed by atoms with Crippen LogP contribution in [-0.2, 0) is 0 Å². The molecule has 0 spiro atoms. The predicted molar refractivity (Wildman–Crippen MR) is 80.8 cm³/mol. The normalized spacial score (nSPS) is 29.3. The quantitative estimate of drug-likeness (QED) is 0.316. The van der Waals surface area contributed by atoms with Crippen LogP contribution in [0.3, 0.4) is 0 Å². The largest absolute Gasteiger partial charge is 0.0848 e. The Morgan fingerprint density at radius 1 is 0.944 bits per heavy atom. The summed E-state index contributed by atoms with van der Waals surface area (Å²) < 4.78 is 0. The van der Waals surface area contributed by atoms with Crippen molar-refractivity contribution in [3.63, 3.8) is 0 Å². The Kier molecular flexibility index (Phi) is 5.79. The molecule has 2 aliphatic rings. The minimum atomic E-state index is 0.672. The van der Waals surface area contributed by atoms with Gasteiger partial charge in [-0.3, -0.25) is 0 Å². The van der Waals surface area contributed by atoms with Gasteiger partial charge in [0.25, 0.3) is 0 Å². The molecule has 0 heteroatoms. The summed E-state index contributed by atoms with van der Waals surface area (Å²) in [6, 6.07) is 0. The van der Waals surface area contributed by atoms with Crippen LogP contribution >= 0.6 is 0 Å². The summed E-state index contributed by atoms with van der Waals surface area (Å²) in [5, 5.41) is 0. The molecule has 0 aromatic heterocycles. The van der Waals surface area contributed by atoms with Gasteiger partial charge in [-0.25, -0.2) is 0 Å². The van der Waals surface area contributed by atoms with E-state index in [1.807, 2.05) is 0 Å². The van der Waals surface area contributed by atoms with E-state index in [1.54, 1.807) is 0 Å². The highest BCUT2D eigenvalue weighted by Gasteiger charge is 2.39. The summed E-state index contributed by atoms with van der Waals surface area (Å²) in [5.74, 6) is 0.962. The van der Waals surface area contributed by atoms with Crippen molar-refractivity contribution in [3.8, 4) is 0 Å². The Morgan fingerprint density at radius 3 is 2.11 bits per heavy atom. The number of unbranched alkanes of at least 4 members (excludes halogenated alkanes) is 8. The standard InChI is InChI=1S/C18H32/c1-2-3-4-5-6-7-8-9-10-13-18-14-11-17(16-18)12-15-18/h11,14,17H,2-10,12-13,15-16H2,1H3/t17-,18-/m0/s1. The van der Waals surface area contributed by atoms with Crippen molar-refractivity contribution in [2.75, 3.05) is 0 Å². The molecule has 0 amide bonds. The lowest BCUT2D eigenvalue weighted by molar-refractivity contribution is 0.350. The van der Waals surface area contributed by atoms with E-state index in [-0.39, 0.29) is 0 Å². The number of rotatable bonds is 10. The fraction of sp³-hybridized carbons (Fsp3) is 0.889. The van der Waals surface area contributed by atoms with Gasteiger partial charge in [-0.15, -0.1) is 0 Å². The lowest BCUT2D eigenvalue weighted by Crippen LogP contribution is -2.10. The zero-order valence-corrected chi connectivity index (χ0v) is 12.4. The van der Waals surface area contributed by atoms with Gasteiger partial charge < -0.3 is 0 Å². The lowest BCUT2D eigenvalue weighted by Gasteiger charge is -2.23. The van der Waals surface area contributed by atoms with Crippen LogP contribution in [0.5, 0.6) is 0 Å². The molecular weight excluding hydrogens is 216 g/mol. The zero-order valence-electron chi connectivity index (χ0n) is 12.4. The smallest absolute Gasteiger partial charge is 0.0112 e. The summed E-state index contributed by atoms with van der Waals surface area (Å²) in [5.41, 5.74) is 0.672. The number of hydrogen-bond acceptors (Lipinski definition) is 0. The monoisotopic (exact) mass is 248 g/mol. The Balaban J connectivity index is 1.41. The van der Waals surface area contributed by atoms with E-state index in [1.165, 1.54) is 83.5 Å². The maximum absolute atomic E-state index is 2.56. The van der Waals surface area contributed by atoms with Crippen molar-refractivity contribution in [2.24, 2.45) is 11.3 Å². The highest BCUT2D eigenvalue weighted by atomic mass is 14.4. The summed E-state index contributed by atoms with van der Waals surface area (Å²) in [6.45, 7) is 2.30. The number of fused-ring (bicyclic) bond motifs is 2. The van der Waals surface area contributed by atoms with E-state index < -0.39 is 0 Å². The van der Waals surface area contributed by atoms with Crippen molar-refractivity contribution in [1.29, 1.82) is 0 Å². The second-order valence-corrected chi connectivity index (χ2v) is 6.80. The molecular formula is C18H32. The molecule has 2 atom stereocenters. The predicted octanol–water partition coefficient (Wildman–Crippen LogP) is 6.26. The summed E-state index contributed by atoms with van der Waals surface area (Å²) in [6.07, 6.45) is 24.2. The summed E-state index contributed by atoms with van der Waals surface area (Å²) >= 11 is 0. The van der Waals surface area contributed by atoms with Gasteiger partial charge in [0, 0.05) is 0 Å². The molecule has 0 unspecified atom stereocenters. The minimum Gasteiger partial charge on any atom is -0.0848 e. The molecule has 18 heavy (non-hydrogen) atoms. The molecule has 1 fully saturated rings. The molecule has 0 aromatic rings. The maximum atomic E-state index is 2.56. The van der Waals surface area contributed by atoms with Crippen molar-refractivity contribution in [2.45, 2.75) is 90.4 Å². The molecule has 0 radical (unpaired) electrons. The molecule has 0 heterocycles. The first-order valence-corrected chi connectivity index (χ1v) is 8.54. The van der Waals surface area contributed by atoms with E-state index in [9.17, 15) is 0 Å². The van der Waals surface area contributed by atoms with E-state index in [4.69, 9.17) is 0 Å². The van der Waals surface area contributed by atoms with E-state index >= 15 is 0 Å². The molecule has 0 nitrogen and oxygen atoms in total. The van der Waals surface area contributed by atoms with E-state index in [0.29, 0.717) is 5.41 Å². The fourth-order valence-electron chi connectivity index (χ4n) is 3.95. The lowest BCUT2D eigenvalue weighted by atomic mass is 9.82. The van der Waals surface area contributed by atoms with Crippen LogP contribution in [-0.4, -0.2) is 0 Å². The average molecular weight is 248 g/mol. The highest BCUT2D eigenvalue weighted by Crippen LogP contribution is 2.51. The third-order valence-corrected chi connectivity index (χ3v) is 5.18. The molecule has 1 saturated carbocycles. The second-order valence-electron chi connectivity index (χ2n) is 6.80. The molecule has 2 bridgehead atoms. The molecule has 2 rings (SSSR count). The van der Waals surface area contributed by atoms with Gasteiger partial charge in [0.1, 0.15) is 0 Å². The summed E-state index contributed by atoms with van der Waals surface area (Å²) in [4.78, 5) is 0. The summed E-state index contributed by atoms with van der Waals surface area (Å²) in [7, 11) is 0. The molecule has 0 aromatic carbocycles. The fourth-order valence-corrected chi connectivity index (χ4v) is 3.95. The van der Waals surface area contributed by atoms with Crippen LogP contribution < -0.4 is 0 Å². The third kappa shape index (κ3) is 4.14. The Bertz CT molecular complexity index is 253. The average Bonchev–Trinajstić information content (AvgIpc) is 2.97. The van der Waals surface area contributed by atoms with Crippen molar-refractivity contribution >= 4 is 0 Å². The van der Waals surface area contributed by atoms with Crippen LogP contribution in [0.25, 0.3) is 0 Å². The van der Waals surface area contributed by atoms with Gasteiger partial charge in [-0.1, -0.05) is 76.9 Å². The van der Waals surface area contributed by atoms with Crippen LogP contribution in [0, 0.1) is 11.3 Å².